The van der Waals surface area contributed by atoms with E-state index in [4.69, 9.17) is 0 Å². The van der Waals surface area contributed by atoms with Gasteiger partial charge in [0.2, 0.25) is 5.95 Å². The summed E-state index contributed by atoms with van der Waals surface area (Å²) in [6.07, 6.45) is 10.1. The Morgan fingerprint density at radius 1 is 0.760 bits per heavy atom. The first kappa shape index (κ1) is 17.2. The maximum absolute atomic E-state index is 4.42. The molecule has 3 heteroatoms. The Labute approximate surface area is 150 Å². The summed E-state index contributed by atoms with van der Waals surface area (Å²) < 4.78 is 0. The van der Waals surface area contributed by atoms with Crippen LogP contribution < -0.4 is 5.32 Å². The molecule has 25 heavy (non-hydrogen) atoms. The van der Waals surface area contributed by atoms with Crippen LogP contribution in [0.25, 0.3) is 11.1 Å². The molecule has 0 saturated heterocycles. The molecule has 0 saturated carbocycles. The van der Waals surface area contributed by atoms with Gasteiger partial charge in [0.05, 0.1) is 0 Å². The highest BCUT2D eigenvalue weighted by atomic mass is 15.1. The molecule has 1 aromatic heterocycles. The molecule has 0 aliphatic carbocycles. The Kier molecular flexibility index (Phi) is 6.16. The van der Waals surface area contributed by atoms with E-state index in [1.807, 2.05) is 30.6 Å². The van der Waals surface area contributed by atoms with E-state index in [1.165, 1.54) is 31.2 Å². The fraction of sp³-hybridized carbons (Fsp3) is 0.273. The first-order valence-corrected chi connectivity index (χ1v) is 9.08. The molecule has 0 amide bonds. The van der Waals surface area contributed by atoms with Gasteiger partial charge in [0, 0.05) is 23.6 Å². The summed E-state index contributed by atoms with van der Waals surface area (Å²) in [7, 11) is 0. The summed E-state index contributed by atoms with van der Waals surface area (Å²) in [5.41, 5.74) is 4.56. The molecule has 0 atom stereocenters. The van der Waals surface area contributed by atoms with Gasteiger partial charge in [0.25, 0.3) is 0 Å². The van der Waals surface area contributed by atoms with Crippen LogP contribution in [0.15, 0.2) is 67.0 Å². The quantitative estimate of drug-likeness (QED) is 0.514. The van der Waals surface area contributed by atoms with Crippen molar-refractivity contribution in [3.63, 3.8) is 0 Å². The van der Waals surface area contributed by atoms with E-state index in [1.54, 1.807) is 0 Å². The van der Waals surface area contributed by atoms with Crippen LogP contribution in [0.3, 0.4) is 0 Å². The number of nitrogens with zero attached hydrogens (tertiary/aromatic N) is 2. The molecular formula is C22H25N3. The molecule has 0 unspecified atom stereocenters. The van der Waals surface area contributed by atoms with Gasteiger partial charge in [-0.1, -0.05) is 68.7 Å². The van der Waals surface area contributed by atoms with Crippen molar-refractivity contribution in [2.75, 3.05) is 5.32 Å². The van der Waals surface area contributed by atoms with Crippen molar-refractivity contribution in [2.45, 2.75) is 39.0 Å². The molecule has 3 nitrogen and oxygen atoms in total. The molecule has 0 bridgehead atoms. The number of hydrogen-bond donors (Lipinski definition) is 1. The Morgan fingerprint density at radius 3 is 2.16 bits per heavy atom. The lowest BCUT2D eigenvalue weighted by molar-refractivity contribution is 0.667. The fourth-order valence-electron chi connectivity index (χ4n) is 2.81. The Bertz CT molecular complexity index is 750. The SMILES string of the molecule is CCCCCCc1ccc(Nc2ncc(-c3ccccc3)cn2)cc1. The number of hydrogen-bond acceptors (Lipinski definition) is 3. The highest BCUT2D eigenvalue weighted by Crippen LogP contribution is 2.19. The summed E-state index contributed by atoms with van der Waals surface area (Å²) in [5, 5.41) is 3.26. The molecule has 0 spiro atoms. The zero-order valence-electron chi connectivity index (χ0n) is 14.8. The Balaban J connectivity index is 1.57. The molecule has 3 aromatic rings. The number of nitrogens with one attached hydrogen (secondary N) is 1. The van der Waals surface area contributed by atoms with E-state index in [0.717, 1.165) is 23.2 Å². The lowest BCUT2D eigenvalue weighted by Gasteiger charge is -2.07. The second-order valence-electron chi connectivity index (χ2n) is 6.29. The second kappa shape index (κ2) is 8.97. The molecule has 128 valence electrons. The molecular weight excluding hydrogens is 306 g/mol. The van der Waals surface area contributed by atoms with Gasteiger partial charge in [-0.3, -0.25) is 0 Å². The standard InChI is InChI=1S/C22H25N3/c1-2-3-4-6-9-18-12-14-21(15-13-18)25-22-23-16-20(17-24-22)19-10-7-5-8-11-19/h5,7-8,10-17H,2-4,6,9H2,1H3,(H,23,24,25). The van der Waals surface area contributed by atoms with E-state index in [0.29, 0.717) is 5.95 Å². The van der Waals surface area contributed by atoms with Gasteiger partial charge < -0.3 is 5.32 Å². The van der Waals surface area contributed by atoms with Gasteiger partial charge in [-0.05, 0) is 36.1 Å². The van der Waals surface area contributed by atoms with E-state index in [9.17, 15) is 0 Å². The maximum Gasteiger partial charge on any atom is 0.227 e. The second-order valence-corrected chi connectivity index (χ2v) is 6.29. The zero-order chi connectivity index (χ0) is 17.3. The minimum absolute atomic E-state index is 0.621. The first-order chi connectivity index (χ1) is 12.3. The first-order valence-electron chi connectivity index (χ1n) is 9.08. The summed E-state index contributed by atoms with van der Waals surface area (Å²) >= 11 is 0. The van der Waals surface area contributed by atoms with Gasteiger partial charge in [0.1, 0.15) is 0 Å². The molecule has 2 aromatic carbocycles. The number of aromatic nitrogens is 2. The number of rotatable bonds is 8. The predicted octanol–water partition coefficient (Wildman–Crippen LogP) is 6.01. The van der Waals surface area contributed by atoms with Crippen molar-refractivity contribution in [3.8, 4) is 11.1 Å². The van der Waals surface area contributed by atoms with Gasteiger partial charge in [0.15, 0.2) is 0 Å². The lowest BCUT2D eigenvalue weighted by Crippen LogP contribution is -1.97. The smallest absolute Gasteiger partial charge is 0.227 e. The fourth-order valence-corrected chi connectivity index (χ4v) is 2.81. The van der Waals surface area contributed by atoms with Gasteiger partial charge in [-0.2, -0.15) is 0 Å². The summed E-state index contributed by atoms with van der Waals surface area (Å²) in [5.74, 6) is 0.621. The number of anilines is 2. The van der Waals surface area contributed by atoms with Crippen LogP contribution in [-0.2, 0) is 6.42 Å². The van der Waals surface area contributed by atoms with Crippen molar-refractivity contribution < 1.29 is 0 Å². The van der Waals surface area contributed by atoms with Gasteiger partial charge >= 0.3 is 0 Å². The summed E-state index contributed by atoms with van der Waals surface area (Å²) in [6.45, 7) is 2.24. The topological polar surface area (TPSA) is 37.8 Å². The van der Waals surface area contributed by atoms with Crippen molar-refractivity contribution in [1.29, 1.82) is 0 Å². The minimum atomic E-state index is 0.621. The third kappa shape index (κ3) is 5.15. The van der Waals surface area contributed by atoms with E-state index in [-0.39, 0.29) is 0 Å². The van der Waals surface area contributed by atoms with Crippen molar-refractivity contribution in [2.24, 2.45) is 0 Å². The van der Waals surface area contributed by atoms with Crippen molar-refractivity contribution in [3.05, 3.63) is 72.6 Å². The normalized spacial score (nSPS) is 10.6. The molecule has 0 aliphatic rings. The largest absolute Gasteiger partial charge is 0.324 e. The molecule has 3 rings (SSSR count). The van der Waals surface area contributed by atoms with Crippen LogP contribution in [0.4, 0.5) is 11.6 Å². The van der Waals surface area contributed by atoms with Gasteiger partial charge in [-0.25, -0.2) is 9.97 Å². The third-order valence-corrected chi connectivity index (χ3v) is 4.29. The van der Waals surface area contributed by atoms with Crippen LogP contribution in [0.2, 0.25) is 0 Å². The number of benzene rings is 2. The molecule has 0 aliphatic heterocycles. The lowest BCUT2D eigenvalue weighted by atomic mass is 10.1. The van der Waals surface area contributed by atoms with Crippen molar-refractivity contribution in [1.82, 2.24) is 9.97 Å². The zero-order valence-corrected chi connectivity index (χ0v) is 14.8. The van der Waals surface area contributed by atoms with Crippen LogP contribution >= 0.6 is 0 Å². The minimum Gasteiger partial charge on any atom is -0.324 e. The van der Waals surface area contributed by atoms with Crippen LogP contribution in [0.5, 0.6) is 0 Å². The number of aryl methyl sites for hydroxylation is 1. The van der Waals surface area contributed by atoms with E-state index in [2.05, 4.69) is 58.6 Å². The van der Waals surface area contributed by atoms with Crippen molar-refractivity contribution >= 4 is 11.6 Å². The van der Waals surface area contributed by atoms with Crippen LogP contribution in [0.1, 0.15) is 38.2 Å². The molecule has 0 radical (unpaired) electrons. The number of unbranched alkanes of at least 4 members (excludes halogenated alkanes) is 3. The van der Waals surface area contributed by atoms with Gasteiger partial charge in [-0.15, -0.1) is 0 Å². The molecule has 1 N–H and O–H groups in total. The average Bonchev–Trinajstić information content (AvgIpc) is 2.68. The molecule has 1 heterocycles. The maximum atomic E-state index is 4.42. The highest BCUT2D eigenvalue weighted by molar-refractivity contribution is 5.62. The average molecular weight is 331 g/mol. The van der Waals surface area contributed by atoms with Crippen LogP contribution in [-0.4, -0.2) is 9.97 Å². The predicted molar refractivity (Wildman–Crippen MR) is 105 cm³/mol. The van der Waals surface area contributed by atoms with E-state index < -0.39 is 0 Å². The highest BCUT2D eigenvalue weighted by Gasteiger charge is 2.01. The Morgan fingerprint density at radius 2 is 1.48 bits per heavy atom. The van der Waals surface area contributed by atoms with E-state index >= 15 is 0 Å². The van der Waals surface area contributed by atoms with Crippen LogP contribution in [0, 0.1) is 0 Å². The molecule has 0 fully saturated rings. The monoisotopic (exact) mass is 331 g/mol. The third-order valence-electron chi connectivity index (χ3n) is 4.29. The summed E-state index contributed by atoms with van der Waals surface area (Å²) in [6, 6.07) is 18.7. The Hall–Kier alpha value is -2.68. The summed E-state index contributed by atoms with van der Waals surface area (Å²) in [4.78, 5) is 8.84.